The van der Waals surface area contributed by atoms with E-state index in [-0.39, 0.29) is 10.6 Å². The molecule has 4 rings (SSSR count). The maximum absolute atomic E-state index is 11.6. The van der Waals surface area contributed by atoms with E-state index in [4.69, 9.17) is 16.3 Å². The zero-order valence-electron chi connectivity index (χ0n) is 15.5. The van der Waals surface area contributed by atoms with Crippen LogP contribution in [0.2, 0.25) is 5.02 Å². The van der Waals surface area contributed by atoms with E-state index in [9.17, 15) is 10.1 Å². The van der Waals surface area contributed by atoms with Crippen LogP contribution in [0.5, 0.6) is 0 Å². The molecular weight excluding hydrogens is 410 g/mol. The van der Waals surface area contributed by atoms with Crippen LogP contribution in [-0.4, -0.2) is 36.2 Å². The molecule has 6 nitrogen and oxygen atoms in total. The van der Waals surface area contributed by atoms with Crippen LogP contribution in [0.3, 0.4) is 0 Å². The number of morpholine rings is 1. The molecule has 29 heavy (non-hydrogen) atoms. The van der Waals surface area contributed by atoms with E-state index in [0.717, 1.165) is 21.8 Å². The fourth-order valence-corrected chi connectivity index (χ4v) is 3.99. The molecule has 0 amide bonds. The predicted molar refractivity (Wildman–Crippen MR) is 118 cm³/mol. The number of nitro benzene ring substituents is 1. The Morgan fingerprint density at radius 2 is 1.90 bits per heavy atom. The number of halogens is 1. The van der Waals surface area contributed by atoms with Gasteiger partial charge in [-0.25, -0.2) is 4.98 Å². The van der Waals surface area contributed by atoms with Crippen LogP contribution in [-0.2, 0) is 4.74 Å². The lowest BCUT2D eigenvalue weighted by Gasteiger charge is -2.28. The molecule has 1 aliphatic rings. The first-order valence-corrected chi connectivity index (χ1v) is 10.4. The standard InChI is InChI=1S/C21H18ClN3O3S/c22-17-5-3-16(4-6-17)18-14-29-21(23-18)8-2-15-1-7-19(20(13-15)25(26)27)24-9-11-28-12-10-24/h1-8,13-14H,9-12H2. The van der Waals surface area contributed by atoms with E-state index in [1.54, 1.807) is 6.07 Å². The number of hydrogen-bond acceptors (Lipinski definition) is 6. The molecule has 2 aromatic carbocycles. The fraction of sp³-hybridized carbons (Fsp3) is 0.190. The van der Waals surface area contributed by atoms with Crippen LogP contribution < -0.4 is 4.90 Å². The maximum Gasteiger partial charge on any atom is 0.293 e. The molecule has 1 aliphatic heterocycles. The van der Waals surface area contributed by atoms with Crippen molar-refractivity contribution in [3.63, 3.8) is 0 Å². The Balaban J connectivity index is 1.54. The van der Waals surface area contributed by atoms with Gasteiger partial charge in [-0.05, 0) is 29.8 Å². The van der Waals surface area contributed by atoms with Gasteiger partial charge in [0.15, 0.2) is 0 Å². The van der Waals surface area contributed by atoms with Crippen LogP contribution in [0.15, 0.2) is 47.8 Å². The van der Waals surface area contributed by atoms with Gasteiger partial charge in [-0.1, -0.05) is 35.9 Å². The lowest BCUT2D eigenvalue weighted by Crippen LogP contribution is -2.36. The third kappa shape index (κ3) is 4.64. The Morgan fingerprint density at radius 3 is 2.62 bits per heavy atom. The summed E-state index contributed by atoms with van der Waals surface area (Å²) in [5, 5.41) is 15.1. The second-order valence-electron chi connectivity index (χ2n) is 6.52. The molecule has 1 fully saturated rings. The van der Waals surface area contributed by atoms with Gasteiger partial charge >= 0.3 is 0 Å². The van der Waals surface area contributed by atoms with Gasteiger partial charge in [0.05, 0.1) is 23.8 Å². The molecule has 1 aromatic heterocycles. The van der Waals surface area contributed by atoms with E-state index in [2.05, 4.69) is 4.98 Å². The Hall–Kier alpha value is -2.74. The summed E-state index contributed by atoms with van der Waals surface area (Å²) in [6.45, 7) is 2.48. The Bertz CT molecular complexity index is 1040. The molecule has 2 heterocycles. The normalized spacial score (nSPS) is 14.4. The van der Waals surface area contributed by atoms with Gasteiger partial charge in [0.25, 0.3) is 5.69 Å². The minimum Gasteiger partial charge on any atom is -0.378 e. The molecule has 0 radical (unpaired) electrons. The van der Waals surface area contributed by atoms with Crippen molar-refractivity contribution in [1.29, 1.82) is 0 Å². The quantitative estimate of drug-likeness (QED) is 0.404. The molecule has 0 spiro atoms. The maximum atomic E-state index is 11.6. The second kappa shape index (κ2) is 8.73. The highest BCUT2D eigenvalue weighted by Gasteiger charge is 2.21. The van der Waals surface area contributed by atoms with Crippen molar-refractivity contribution in [2.75, 3.05) is 31.2 Å². The molecule has 0 aliphatic carbocycles. The van der Waals surface area contributed by atoms with Gasteiger partial charge in [0, 0.05) is 35.1 Å². The molecule has 0 bridgehead atoms. The molecule has 0 N–H and O–H groups in total. The highest BCUT2D eigenvalue weighted by molar-refractivity contribution is 7.10. The number of nitro groups is 1. The summed E-state index contributed by atoms with van der Waals surface area (Å²) >= 11 is 7.45. The summed E-state index contributed by atoms with van der Waals surface area (Å²) in [5.74, 6) is 0. The zero-order chi connectivity index (χ0) is 20.2. The van der Waals surface area contributed by atoms with E-state index >= 15 is 0 Å². The predicted octanol–water partition coefficient (Wildman–Crippen LogP) is 5.38. The van der Waals surface area contributed by atoms with Crippen LogP contribution >= 0.6 is 22.9 Å². The second-order valence-corrected chi connectivity index (χ2v) is 7.84. The summed E-state index contributed by atoms with van der Waals surface area (Å²) < 4.78 is 5.34. The van der Waals surface area contributed by atoms with Crippen molar-refractivity contribution in [2.45, 2.75) is 0 Å². The van der Waals surface area contributed by atoms with Gasteiger partial charge in [-0.3, -0.25) is 10.1 Å². The monoisotopic (exact) mass is 427 g/mol. The number of thiazole rings is 1. The van der Waals surface area contributed by atoms with Crippen LogP contribution in [0.4, 0.5) is 11.4 Å². The van der Waals surface area contributed by atoms with E-state index in [1.807, 2.05) is 58.8 Å². The third-order valence-electron chi connectivity index (χ3n) is 4.63. The smallest absolute Gasteiger partial charge is 0.293 e. The molecular formula is C21H18ClN3O3S. The highest BCUT2D eigenvalue weighted by Crippen LogP contribution is 2.31. The third-order valence-corrected chi connectivity index (χ3v) is 5.69. The molecule has 0 saturated carbocycles. The van der Waals surface area contributed by atoms with Crippen molar-refractivity contribution >= 4 is 46.5 Å². The first-order chi connectivity index (χ1) is 14.1. The number of benzene rings is 2. The van der Waals surface area contributed by atoms with Crippen molar-refractivity contribution in [2.24, 2.45) is 0 Å². The number of rotatable bonds is 5. The van der Waals surface area contributed by atoms with E-state index in [1.165, 1.54) is 11.3 Å². The number of aromatic nitrogens is 1. The Kier molecular flexibility index (Phi) is 5.89. The summed E-state index contributed by atoms with van der Waals surface area (Å²) in [7, 11) is 0. The summed E-state index contributed by atoms with van der Waals surface area (Å²) in [4.78, 5) is 17.9. The van der Waals surface area contributed by atoms with Crippen LogP contribution in [0, 0.1) is 10.1 Å². The molecule has 8 heteroatoms. The van der Waals surface area contributed by atoms with Crippen LogP contribution in [0.1, 0.15) is 10.6 Å². The van der Waals surface area contributed by atoms with Crippen molar-refractivity contribution in [3.05, 3.63) is 73.6 Å². The summed E-state index contributed by atoms with van der Waals surface area (Å²) in [6, 6.07) is 12.8. The molecule has 0 atom stereocenters. The fourth-order valence-electron chi connectivity index (χ4n) is 3.15. The van der Waals surface area contributed by atoms with E-state index < -0.39 is 0 Å². The van der Waals surface area contributed by atoms with Crippen molar-refractivity contribution in [1.82, 2.24) is 4.98 Å². The van der Waals surface area contributed by atoms with Crippen LogP contribution in [0.25, 0.3) is 23.4 Å². The Labute approximate surface area is 177 Å². The molecule has 148 valence electrons. The van der Waals surface area contributed by atoms with Gasteiger partial charge in [0.2, 0.25) is 0 Å². The largest absolute Gasteiger partial charge is 0.378 e. The highest BCUT2D eigenvalue weighted by atomic mass is 35.5. The SMILES string of the molecule is O=[N+]([O-])c1cc(C=Cc2nc(-c3ccc(Cl)cc3)cs2)ccc1N1CCOCC1. The average molecular weight is 428 g/mol. The van der Waals surface area contributed by atoms with E-state index in [0.29, 0.717) is 37.0 Å². The molecule has 3 aromatic rings. The molecule has 1 saturated heterocycles. The Morgan fingerprint density at radius 1 is 1.14 bits per heavy atom. The zero-order valence-corrected chi connectivity index (χ0v) is 17.0. The number of nitrogens with zero attached hydrogens (tertiary/aromatic N) is 3. The number of anilines is 1. The lowest BCUT2D eigenvalue weighted by molar-refractivity contribution is -0.384. The minimum atomic E-state index is -0.329. The van der Waals surface area contributed by atoms with Gasteiger partial charge < -0.3 is 9.64 Å². The summed E-state index contributed by atoms with van der Waals surface area (Å²) in [6.07, 6.45) is 3.72. The lowest BCUT2D eigenvalue weighted by atomic mass is 10.1. The topological polar surface area (TPSA) is 68.5 Å². The number of ether oxygens (including phenoxy) is 1. The first-order valence-electron chi connectivity index (χ1n) is 9.11. The minimum absolute atomic E-state index is 0.107. The first kappa shape index (κ1) is 19.6. The van der Waals surface area contributed by atoms with Crippen molar-refractivity contribution < 1.29 is 9.66 Å². The number of hydrogen-bond donors (Lipinski definition) is 0. The van der Waals surface area contributed by atoms with Gasteiger partial charge in [-0.2, -0.15) is 0 Å². The van der Waals surface area contributed by atoms with Gasteiger partial charge in [0.1, 0.15) is 10.7 Å². The van der Waals surface area contributed by atoms with Crippen molar-refractivity contribution in [3.8, 4) is 11.3 Å². The molecule has 0 unspecified atom stereocenters. The van der Waals surface area contributed by atoms with Gasteiger partial charge in [-0.15, -0.1) is 11.3 Å². The average Bonchev–Trinajstić information content (AvgIpc) is 3.22. The summed E-state index contributed by atoms with van der Waals surface area (Å²) in [5.41, 5.74) is 3.37.